The average molecular weight is 341 g/mol. The molecule has 1 aliphatic heterocycles. The Morgan fingerprint density at radius 2 is 2.04 bits per heavy atom. The summed E-state index contributed by atoms with van der Waals surface area (Å²) in [6, 6.07) is 10.4. The number of rotatable bonds is 5. The molecule has 25 heavy (non-hydrogen) atoms. The van der Waals surface area contributed by atoms with Crippen LogP contribution in [0, 0.1) is 5.82 Å². The quantitative estimate of drug-likeness (QED) is 0.888. The largest absolute Gasteiger partial charge is 0.354 e. The van der Waals surface area contributed by atoms with Gasteiger partial charge in [-0.25, -0.2) is 9.37 Å². The lowest BCUT2D eigenvalue weighted by atomic mass is 10.00. The number of carbonyl (C=O) groups is 1. The molecule has 1 aromatic heterocycles. The van der Waals surface area contributed by atoms with Crippen LogP contribution in [0.25, 0.3) is 0 Å². The number of carbonyl (C=O) groups excluding carboxylic acids is 1. The summed E-state index contributed by atoms with van der Waals surface area (Å²) in [7, 11) is 0. The fourth-order valence-electron chi connectivity index (χ4n) is 3.35. The molecule has 5 heteroatoms. The van der Waals surface area contributed by atoms with Crippen LogP contribution >= 0.6 is 0 Å². The van der Waals surface area contributed by atoms with Crippen molar-refractivity contribution in [2.24, 2.45) is 0 Å². The van der Waals surface area contributed by atoms with Crippen molar-refractivity contribution in [1.82, 2.24) is 4.98 Å². The molecular weight excluding hydrogens is 317 g/mol. The van der Waals surface area contributed by atoms with Gasteiger partial charge in [-0.2, -0.15) is 0 Å². The third kappa shape index (κ3) is 4.56. The minimum atomic E-state index is -0.299. The first kappa shape index (κ1) is 17.4. The van der Waals surface area contributed by atoms with Gasteiger partial charge in [0.15, 0.2) is 0 Å². The summed E-state index contributed by atoms with van der Waals surface area (Å²) >= 11 is 0. The number of aromatic nitrogens is 1. The van der Waals surface area contributed by atoms with Crippen LogP contribution in [0.3, 0.4) is 0 Å². The molecule has 0 aliphatic carbocycles. The van der Waals surface area contributed by atoms with Gasteiger partial charge in [-0.1, -0.05) is 19.1 Å². The molecule has 1 unspecified atom stereocenters. The maximum Gasteiger partial charge on any atom is 0.228 e. The summed E-state index contributed by atoms with van der Waals surface area (Å²) in [5, 5.41) is 2.85. The molecule has 1 atom stereocenters. The van der Waals surface area contributed by atoms with Crippen LogP contribution in [0.2, 0.25) is 0 Å². The molecule has 0 bridgehead atoms. The molecule has 1 N–H and O–H groups in total. The van der Waals surface area contributed by atoms with Crippen LogP contribution in [-0.2, 0) is 11.2 Å². The minimum Gasteiger partial charge on any atom is -0.354 e. The fourth-order valence-corrected chi connectivity index (χ4v) is 3.35. The third-order valence-corrected chi connectivity index (χ3v) is 4.70. The van der Waals surface area contributed by atoms with Crippen molar-refractivity contribution < 1.29 is 9.18 Å². The van der Waals surface area contributed by atoms with Crippen molar-refractivity contribution in [3.63, 3.8) is 0 Å². The molecule has 132 valence electrons. The van der Waals surface area contributed by atoms with Crippen LogP contribution in [-0.4, -0.2) is 23.5 Å². The number of pyridine rings is 1. The topological polar surface area (TPSA) is 45.2 Å². The highest BCUT2D eigenvalue weighted by Gasteiger charge is 2.21. The van der Waals surface area contributed by atoms with E-state index < -0.39 is 0 Å². The number of benzene rings is 1. The van der Waals surface area contributed by atoms with E-state index in [0.717, 1.165) is 24.3 Å². The SMILES string of the molecule is CCC1CCCCN1c1ccc(NC(=O)Cc2ccc(F)cc2)cn1. The zero-order valence-electron chi connectivity index (χ0n) is 14.5. The zero-order valence-corrected chi connectivity index (χ0v) is 14.5. The normalized spacial score (nSPS) is 17.4. The van der Waals surface area contributed by atoms with Crippen molar-refractivity contribution in [1.29, 1.82) is 0 Å². The zero-order chi connectivity index (χ0) is 17.6. The van der Waals surface area contributed by atoms with E-state index in [4.69, 9.17) is 0 Å². The Labute approximate surface area is 148 Å². The molecule has 0 spiro atoms. The van der Waals surface area contributed by atoms with Crippen molar-refractivity contribution in [2.45, 2.75) is 45.1 Å². The van der Waals surface area contributed by atoms with E-state index in [1.165, 1.54) is 31.4 Å². The van der Waals surface area contributed by atoms with E-state index in [-0.39, 0.29) is 18.1 Å². The van der Waals surface area contributed by atoms with Gasteiger partial charge in [0.1, 0.15) is 11.6 Å². The molecule has 0 saturated carbocycles. The highest BCUT2D eigenvalue weighted by atomic mass is 19.1. The summed E-state index contributed by atoms with van der Waals surface area (Å²) in [6.07, 6.45) is 6.75. The van der Waals surface area contributed by atoms with E-state index in [1.807, 2.05) is 12.1 Å². The van der Waals surface area contributed by atoms with E-state index in [2.05, 4.69) is 22.1 Å². The Hall–Kier alpha value is -2.43. The van der Waals surface area contributed by atoms with Gasteiger partial charge < -0.3 is 10.2 Å². The average Bonchev–Trinajstić information content (AvgIpc) is 2.64. The number of halogens is 1. The molecule has 1 saturated heterocycles. The molecule has 2 aromatic rings. The Morgan fingerprint density at radius 1 is 1.24 bits per heavy atom. The van der Waals surface area contributed by atoms with Gasteiger partial charge in [-0.15, -0.1) is 0 Å². The van der Waals surface area contributed by atoms with Gasteiger partial charge in [-0.3, -0.25) is 4.79 Å². The van der Waals surface area contributed by atoms with E-state index in [0.29, 0.717) is 11.7 Å². The molecule has 1 amide bonds. The van der Waals surface area contributed by atoms with E-state index in [9.17, 15) is 9.18 Å². The Balaban J connectivity index is 1.60. The molecule has 3 rings (SSSR count). The summed E-state index contributed by atoms with van der Waals surface area (Å²) in [5.74, 6) is 0.542. The van der Waals surface area contributed by atoms with Gasteiger partial charge in [-0.05, 0) is 55.5 Å². The number of nitrogens with one attached hydrogen (secondary N) is 1. The number of anilines is 2. The lowest BCUT2D eigenvalue weighted by Gasteiger charge is -2.36. The van der Waals surface area contributed by atoms with Crippen LogP contribution in [0.4, 0.5) is 15.9 Å². The molecular formula is C20H24FN3O. The summed E-state index contributed by atoms with van der Waals surface area (Å²) in [5.41, 5.74) is 1.46. The monoisotopic (exact) mass is 341 g/mol. The van der Waals surface area contributed by atoms with Gasteiger partial charge in [0.2, 0.25) is 5.91 Å². The van der Waals surface area contributed by atoms with Crippen LogP contribution in [0.1, 0.15) is 38.2 Å². The van der Waals surface area contributed by atoms with Crippen LogP contribution < -0.4 is 10.2 Å². The third-order valence-electron chi connectivity index (χ3n) is 4.70. The van der Waals surface area contributed by atoms with Gasteiger partial charge in [0.25, 0.3) is 0 Å². The second-order valence-electron chi connectivity index (χ2n) is 6.51. The lowest BCUT2D eigenvalue weighted by molar-refractivity contribution is -0.115. The Bertz CT molecular complexity index is 700. The summed E-state index contributed by atoms with van der Waals surface area (Å²) < 4.78 is 12.9. The summed E-state index contributed by atoms with van der Waals surface area (Å²) in [6.45, 7) is 3.26. The van der Waals surface area contributed by atoms with Crippen molar-refractivity contribution in [3.05, 3.63) is 54.0 Å². The highest BCUT2D eigenvalue weighted by molar-refractivity contribution is 5.92. The highest BCUT2D eigenvalue weighted by Crippen LogP contribution is 2.25. The van der Waals surface area contributed by atoms with Crippen molar-refractivity contribution in [3.8, 4) is 0 Å². The molecule has 0 radical (unpaired) electrons. The van der Waals surface area contributed by atoms with E-state index in [1.54, 1.807) is 18.3 Å². The fraction of sp³-hybridized carbons (Fsp3) is 0.400. The number of hydrogen-bond acceptors (Lipinski definition) is 3. The number of amides is 1. The first-order chi connectivity index (χ1) is 12.2. The van der Waals surface area contributed by atoms with E-state index >= 15 is 0 Å². The smallest absolute Gasteiger partial charge is 0.228 e. The maximum atomic E-state index is 12.9. The van der Waals surface area contributed by atoms with Gasteiger partial charge >= 0.3 is 0 Å². The maximum absolute atomic E-state index is 12.9. The number of hydrogen-bond donors (Lipinski definition) is 1. The van der Waals surface area contributed by atoms with Crippen molar-refractivity contribution in [2.75, 3.05) is 16.8 Å². The van der Waals surface area contributed by atoms with Gasteiger partial charge in [0.05, 0.1) is 18.3 Å². The number of piperidine rings is 1. The van der Waals surface area contributed by atoms with Gasteiger partial charge in [0, 0.05) is 12.6 Å². The second kappa shape index (κ2) is 8.10. The first-order valence-corrected chi connectivity index (χ1v) is 8.92. The van der Waals surface area contributed by atoms with Crippen LogP contribution in [0.15, 0.2) is 42.6 Å². The Morgan fingerprint density at radius 3 is 2.72 bits per heavy atom. The molecule has 1 aliphatic rings. The lowest BCUT2D eigenvalue weighted by Crippen LogP contribution is -2.39. The second-order valence-corrected chi connectivity index (χ2v) is 6.51. The summed E-state index contributed by atoms with van der Waals surface area (Å²) in [4.78, 5) is 19.0. The predicted octanol–water partition coefficient (Wildman–Crippen LogP) is 4.17. The minimum absolute atomic E-state index is 0.134. The molecule has 1 fully saturated rings. The molecule has 2 heterocycles. The first-order valence-electron chi connectivity index (χ1n) is 8.92. The molecule has 1 aromatic carbocycles. The molecule has 4 nitrogen and oxygen atoms in total. The standard InChI is InChI=1S/C20H24FN3O/c1-2-18-5-3-4-12-24(18)19-11-10-17(14-22-19)23-20(25)13-15-6-8-16(21)9-7-15/h6-11,14,18H,2-5,12-13H2,1H3,(H,23,25). The number of nitrogens with zero attached hydrogens (tertiary/aromatic N) is 2. The van der Waals surface area contributed by atoms with Crippen molar-refractivity contribution >= 4 is 17.4 Å². The predicted molar refractivity (Wildman–Crippen MR) is 98.2 cm³/mol. The Kier molecular flexibility index (Phi) is 5.64. The van der Waals surface area contributed by atoms with Crippen LogP contribution in [0.5, 0.6) is 0 Å².